The molecule has 1 aromatic rings. The topological polar surface area (TPSA) is 79.0 Å². The van der Waals surface area contributed by atoms with Gasteiger partial charge in [-0.1, -0.05) is 13.8 Å². The zero-order valence-corrected chi connectivity index (χ0v) is 15.0. The molecule has 4 atom stereocenters. The lowest BCUT2D eigenvalue weighted by Crippen LogP contribution is -2.71. The number of hydrogen-bond donors (Lipinski definition) is 3. The van der Waals surface area contributed by atoms with Crippen molar-refractivity contribution in [2.45, 2.75) is 51.9 Å². The van der Waals surface area contributed by atoms with Crippen LogP contribution in [-0.2, 0) is 4.74 Å². The van der Waals surface area contributed by atoms with Crippen molar-refractivity contribution in [2.24, 2.45) is 16.3 Å². The largest absolute Gasteiger partial charge is 0.464 e. The molecule has 4 unspecified atom stereocenters. The molecule has 0 amide bonds. The number of ether oxygens (including phenoxy) is 1. The Kier molecular flexibility index (Phi) is 4.88. The third-order valence-corrected chi connectivity index (χ3v) is 5.40. The summed E-state index contributed by atoms with van der Waals surface area (Å²) in [5.41, 5.74) is 0.0828. The van der Waals surface area contributed by atoms with Crippen LogP contribution in [0.4, 0.5) is 0 Å². The van der Waals surface area contributed by atoms with Crippen LogP contribution in [-0.4, -0.2) is 43.4 Å². The third kappa shape index (κ3) is 3.17. The minimum absolute atomic E-state index is 0.0828. The Morgan fingerprint density at radius 1 is 1.46 bits per heavy atom. The number of nitrogens with zero attached hydrogens (tertiary/aromatic N) is 1. The number of nitrogens with one attached hydrogen (secondary N) is 2. The Morgan fingerprint density at radius 2 is 2.25 bits per heavy atom. The summed E-state index contributed by atoms with van der Waals surface area (Å²) in [6, 6.07) is 3.99. The molecule has 3 N–H and O–H groups in total. The number of aliphatic hydroxyl groups excluding tert-OH is 1. The Hall–Kier alpha value is -1.53. The minimum atomic E-state index is -0.697. The van der Waals surface area contributed by atoms with Gasteiger partial charge in [0.1, 0.15) is 17.6 Å². The zero-order chi connectivity index (χ0) is 17.3. The third-order valence-electron chi connectivity index (χ3n) is 5.40. The van der Waals surface area contributed by atoms with Crippen molar-refractivity contribution in [2.75, 3.05) is 20.2 Å². The van der Waals surface area contributed by atoms with Gasteiger partial charge in [0.15, 0.2) is 5.96 Å². The molecule has 6 nitrogen and oxygen atoms in total. The first-order valence-corrected chi connectivity index (χ1v) is 8.76. The molecule has 1 aliphatic heterocycles. The van der Waals surface area contributed by atoms with Crippen molar-refractivity contribution >= 4 is 5.96 Å². The second kappa shape index (κ2) is 6.76. The van der Waals surface area contributed by atoms with Gasteiger partial charge in [-0.3, -0.25) is 4.99 Å². The molecule has 0 bridgehead atoms. The average molecular weight is 335 g/mol. The molecule has 2 aliphatic rings. The molecule has 2 fully saturated rings. The summed E-state index contributed by atoms with van der Waals surface area (Å²) in [4.78, 5) is 4.30. The fourth-order valence-electron chi connectivity index (χ4n) is 4.08. The van der Waals surface area contributed by atoms with Crippen LogP contribution in [0, 0.1) is 18.3 Å². The van der Waals surface area contributed by atoms with Gasteiger partial charge in [0.05, 0.1) is 12.6 Å². The second-order valence-electron chi connectivity index (χ2n) is 7.46. The van der Waals surface area contributed by atoms with E-state index in [9.17, 15) is 5.11 Å². The van der Waals surface area contributed by atoms with Crippen molar-refractivity contribution in [1.82, 2.24) is 10.6 Å². The van der Waals surface area contributed by atoms with Crippen molar-refractivity contribution in [3.05, 3.63) is 23.7 Å². The molecule has 1 saturated carbocycles. The smallest absolute Gasteiger partial charge is 0.191 e. The van der Waals surface area contributed by atoms with Crippen LogP contribution < -0.4 is 10.6 Å². The lowest BCUT2D eigenvalue weighted by atomic mass is 9.55. The van der Waals surface area contributed by atoms with E-state index in [0.29, 0.717) is 36.3 Å². The first-order chi connectivity index (χ1) is 11.4. The highest BCUT2D eigenvalue weighted by Crippen LogP contribution is 2.51. The fourth-order valence-corrected chi connectivity index (χ4v) is 4.08. The molecular weight excluding hydrogens is 306 g/mol. The number of aliphatic imine (C=N–C) groups is 1. The highest BCUT2D eigenvalue weighted by molar-refractivity contribution is 5.80. The number of hydrogen-bond acceptors (Lipinski definition) is 4. The predicted octanol–water partition coefficient (Wildman–Crippen LogP) is 1.99. The van der Waals surface area contributed by atoms with E-state index in [1.807, 2.05) is 13.0 Å². The molecule has 1 saturated heterocycles. The first kappa shape index (κ1) is 17.3. The molecule has 1 aromatic heterocycles. The van der Waals surface area contributed by atoms with E-state index in [2.05, 4.69) is 29.5 Å². The second-order valence-corrected chi connectivity index (χ2v) is 7.46. The normalized spacial score (nSPS) is 30.2. The Morgan fingerprint density at radius 3 is 2.92 bits per heavy atom. The van der Waals surface area contributed by atoms with E-state index in [1.165, 1.54) is 6.42 Å². The lowest BCUT2D eigenvalue weighted by Gasteiger charge is -2.60. The van der Waals surface area contributed by atoms with Crippen molar-refractivity contribution in [3.8, 4) is 0 Å². The summed E-state index contributed by atoms with van der Waals surface area (Å²) in [7, 11) is 1.75. The van der Waals surface area contributed by atoms with Gasteiger partial charge in [-0.2, -0.15) is 0 Å². The van der Waals surface area contributed by atoms with Gasteiger partial charge in [0.25, 0.3) is 0 Å². The van der Waals surface area contributed by atoms with Crippen molar-refractivity contribution < 1.29 is 14.3 Å². The van der Waals surface area contributed by atoms with Gasteiger partial charge in [0, 0.05) is 31.0 Å². The lowest BCUT2D eigenvalue weighted by molar-refractivity contribution is -0.188. The van der Waals surface area contributed by atoms with Crippen LogP contribution >= 0.6 is 0 Å². The van der Waals surface area contributed by atoms with Gasteiger partial charge >= 0.3 is 0 Å². The Balaban J connectivity index is 1.55. The number of furan rings is 1. The van der Waals surface area contributed by atoms with Gasteiger partial charge in [-0.25, -0.2) is 0 Å². The fraction of sp³-hybridized carbons (Fsp3) is 0.722. The molecule has 24 heavy (non-hydrogen) atoms. The molecule has 0 radical (unpaired) electrons. The van der Waals surface area contributed by atoms with Crippen molar-refractivity contribution in [3.63, 3.8) is 0 Å². The summed E-state index contributed by atoms with van der Waals surface area (Å²) >= 11 is 0. The van der Waals surface area contributed by atoms with Crippen LogP contribution in [0.5, 0.6) is 0 Å². The summed E-state index contributed by atoms with van der Waals surface area (Å²) in [5, 5.41) is 16.9. The maximum atomic E-state index is 10.2. The maximum Gasteiger partial charge on any atom is 0.191 e. The summed E-state index contributed by atoms with van der Waals surface area (Å²) < 4.78 is 11.4. The van der Waals surface area contributed by atoms with Gasteiger partial charge in [-0.05, 0) is 31.9 Å². The standard InChI is InChI=1S/C18H29N3O3/c1-11-7-8-14(24-11)13(22)10-20-17(19-4)21-15-12-6-5-9-23-16(12)18(15,2)3/h7-8,12-13,15-16,22H,5-6,9-10H2,1-4H3,(H2,19,20,21). The summed E-state index contributed by atoms with van der Waals surface area (Å²) in [6.07, 6.45) is 1.95. The van der Waals surface area contributed by atoms with E-state index >= 15 is 0 Å². The zero-order valence-electron chi connectivity index (χ0n) is 15.0. The number of guanidine groups is 1. The highest BCUT2D eigenvalue weighted by atomic mass is 16.5. The molecule has 6 heteroatoms. The van der Waals surface area contributed by atoms with Crippen LogP contribution in [0.1, 0.15) is 44.3 Å². The molecule has 1 aliphatic carbocycles. The number of fused-ring (bicyclic) bond motifs is 1. The number of aliphatic hydroxyl groups is 1. The molecule has 0 spiro atoms. The SMILES string of the molecule is CN=C(NCC(O)c1ccc(C)o1)NC1C2CCCOC2C1(C)C. The van der Waals surface area contributed by atoms with E-state index in [0.717, 1.165) is 18.8 Å². The Bertz CT molecular complexity index is 596. The summed E-state index contributed by atoms with van der Waals surface area (Å²) in [5.74, 6) is 2.61. The quantitative estimate of drug-likeness (QED) is 0.579. The molecule has 3 rings (SSSR count). The van der Waals surface area contributed by atoms with Gasteiger partial charge in [-0.15, -0.1) is 0 Å². The monoisotopic (exact) mass is 335 g/mol. The van der Waals surface area contributed by atoms with E-state index in [-0.39, 0.29) is 5.41 Å². The Labute approximate surface area is 143 Å². The molecular formula is C18H29N3O3. The highest BCUT2D eigenvalue weighted by Gasteiger charge is 2.58. The first-order valence-electron chi connectivity index (χ1n) is 8.76. The molecule has 0 aromatic carbocycles. The van der Waals surface area contributed by atoms with Crippen LogP contribution in [0.3, 0.4) is 0 Å². The maximum absolute atomic E-state index is 10.2. The van der Waals surface area contributed by atoms with Crippen LogP contribution in [0.2, 0.25) is 0 Å². The van der Waals surface area contributed by atoms with Crippen molar-refractivity contribution in [1.29, 1.82) is 0 Å². The van der Waals surface area contributed by atoms with E-state index in [1.54, 1.807) is 13.1 Å². The van der Waals surface area contributed by atoms with E-state index in [4.69, 9.17) is 9.15 Å². The molecule has 134 valence electrons. The predicted molar refractivity (Wildman–Crippen MR) is 92.9 cm³/mol. The molecule has 2 heterocycles. The van der Waals surface area contributed by atoms with Gasteiger partial charge in [0.2, 0.25) is 0 Å². The summed E-state index contributed by atoms with van der Waals surface area (Å²) in [6.45, 7) is 7.57. The van der Waals surface area contributed by atoms with Gasteiger partial charge < -0.3 is 24.9 Å². The van der Waals surface area contributed by atoms with E-state index < -0.39 is 6.10 Å². The number of rotatable bonds is 4. The van der Waals surface area contributed by atoms with Crippen LogP contribution in [0.15, 0.2) is 21.5 Å². The number of aryl methyl sites for hydroxylation is 1. The minimum Gasteiger partial charge on any atom is -0.464 e. The average Bonchev–Trinajstić information content (AvgIpc) is 3.01. The van der Waals surface area contributed by atoms with Crippen LogP contribution in [0.25, 0.3) is 0 Å².